The maximum atomic E-state index is 6.11. The van der Waals surface area contributed by atoms with Gasteiger partial charge in [-0.3, -0.25) is 0 Å². The minimum Gasteiger partial charge on any atom is -0.497 e. The molecule has 0 fully saturated rings. The third-order valence-electron chi connectivity index (χ3n) is 3.87. The van der Waals surface area contributed by atoms with Gasteiger partial charge in [0.05, 0.1) is 13.7 Å². The number of hydrogen-bond donors (Lipinski definition) is 0. The van der Waals surface area contributed by atoms with Crippen molar-refractivity contribution in [2.45, 2.75) is 45.3 Å². The van der Waals surface area contributed by atoms with Crippen LogP contribution in [0.4, 0.5) is 0 Å². The molecule has 1 aromatic rings. The quantitative estimate of drug-likeness (QED) is 0.548. The molecule has 114 valence electrons. The lowest BCUT2D eigenvalue weighted by atomic mass is 10.2. The number of benzene rings is 1. The Morgan fingerprint density at radius 2 is 1.70 bits per heavy atom. The molecule has 0 spiro atoms. The molecular weight excluding hydrogens is 268 g/mol. The van der Waals surface area contributed by atoms with E-state index in [2.05, 4.69) is 33.9 Å². The fraction of sp³-hybridized carbons (Fsp3) is 0.625. The first-order valence-electron chi connectivity index (χ1n) is 7.17. The van der Waals surface area contributed by atoms with E-state index >= 15 is 0 Å². The van der Waals surface area contributed by atoms with Crippen LogP contribution in [-0.4, -0.2) is 28.6 Å². The number of methoxy groups -OCH3 is 1. The summed E-state index contributed by atoms with van der Waals surface area (Å²) < 4.78 is 17.0. The molecular formula is C16H28O3Si. The van der Waals surface area contributed by atoms with E-state index < -0.39 is 8.32 Å². The van der Waals surface area contributed by atoms with Crippen LogP contribution in [0.2, 0.25) is 18.1 Å². The van der Waals surface area contributed by atoms with Crippen molar-refractivity contribution < 1.29 is 13.9 Å². The zero-order valence-electron chi connectivity index (χ0n) is 13.7. The van der Waals surface area contributed by atoms with Gasteiger partial charge in [-0.1, -0.05) is 26.8 Å². The third-order valence-corrected chi connectivity index (χ3v) is 8.41. The van der Waals surface area contributed by atoms with Crippen molar-refractivity contribution in [1.29, 1.82) is 0 Å². The van der Waals surface area contributed by atoms with Gasteiger partial charge in [0.15, 0.2) is 8.32 Å². The van der Waals surface area contributed by atoms with Crippen LogP contribution < -0.4 is 9.47 Å². The molecule has 0 N–H and O–H groups in total. The Bertz CT molecular complexity index is 410. The van der Waals surface area contributed by atoms with Crippen molar-refractivity contribution >= 4 is 8.32 Å². The van der Waals surface area contributed by atoms with Crippen molar-refractivity contribution in [3.63, 3.8) is 0 Å². The van der Waals surface area contributed by atoms with Gasteiger partial charge in [-0.05, 0) is 30.3 Å². The van der Waals surface area contributed by atoms with Crippen molar-refractivity contribution in [2.24, 2.45) is 0 Å². The van der Waals surface area contributed by atoms with Crippen molar-refractivity contribution in [2.75, 3.05) is 20.3 Å². The average Bonchev–Trinajstić information content (AvgIpc) is 2.37. The SMILES string of the molecule is COc1cccc(OCCCO[Si](C)(C)C(C)(C)C)c1. The average molecular weight is 296 g/mol. The molecule has 0 aliphatic carbocycles. The summed E-state index contributed by atoms with van der Waals surface area (Å²) in [5, 5.41) is 0.265. The van der Waals surface area contributed by atoms with Crippen LogP contribution in [-0.2, 0) is 4.43 Å². The Morgan fingerprint density at radius 3 is 2.30 bits per heavy atom. The number of rotatable bonds is 7. The first-order chi connectivity index (χ1) is 9.26. The van der Waals surface area contributed by atoms with E-state index in [0.29, 0.717) is 6.61 Å². The Balaban J connectivity index is 2.29. The standard InChI is InChI=1S/C16H28O3Si/c1-16(2,3)20(5,6)19-12-8-11-18-15-10-7-9-14(13-15)17-4/h7,9-10,13H,8,11-12H2,1-6H3. The summed E-state index contributed by atoms with van der Waals surface area (Å²) in [6.07, 6.45) is 0.906. The molecule has 0 saturated carbocycles. The van der Waals surface area contributed by atoms with Crippen LogP contribution in [0.3, 0.4) is 0 Å². The Labute approximate surface area is 124 Å². The van der Waals surface area contributed by atoms with Crippen LogP contribution in [0, 0.1) is 0 Å². The molecule has 0 bridgehead atoms. The molecule has 3 nitrogen and oxygen atoms in total. The molecule has 0 radical (unpaired) electrons. The highest BCUT2D eigenvalue weighted by atomic mass is 28.4. The van der Waals surface area contributed by atoms with Gasteiger partial charge in [-0.15, -0.1) is 0 Å². The summed E-state index contributed by atoms with van der Waals surface area (Å²) in [4.78, 5) is 0. The summed E-state index contributed by atoms with van der Waals surface area (Å²) in [7, 11) is 0.0344. The topological polar surface area (TPSA) is 27.7 Å². The molecule has 0 saturated heterocycles. The zero-order valence-corrected chi connectivity index (χ0v) is 14.7. The van der Waals surface area contributed by atoms with Gasteiger partial charge in [0, 0.05) is 19.1 Å². The van der Waals surface area contributed by atoms with E-state index in [4.69, 9.17) is 13.9 Å². The highest BCUT2D eigenvalue weighted by Crippen LogP contribution is 2.36. The van der Waals surface area contributed by atoms with E-state index in [9.17, 15) is 0 Å². The summed E-state index contributed by atoms with van der Waals surface area (Å²) in [6.45, 7) is 12.7. The fourth-order valence-corrected chi connectivity index (χ4v) is 2.57. The van der Waals surface area contributed by atoms with Gasteiger partial charge < -0.3 is 13.9 Å². The molecule has 0 heterocycles. The molecule has 4 heteroatoms. The molecule has 1 rings (SSSR count). The smallest absolute Gasteiger partial charge is 0.191 e. The fourth-order valence-electron chi connectivity index (χ4n) is 1.48. The van der Waals surface area contributed by atoms with Gasteiger partial charge in [0.1, 0.15) is 11.5 Å². The number of hydrogen-bond acceptors (Lipinski definition) is 3. The normalized spacial score (nSPS) is 12.3. The van der Waals surface area contributed by atoms with Crippen LogP contribution in [0.5, 0.6) is 11.5 Å². The minimum absolute atomic E-state index is 0.265. The predicted octanol–water partition coefficient (Wildman–Crippen LogP) is 4.49. The van der Waals surface area contributed by atoms with Gasteiger partial charge in [0.2, 0.25) is 0 Å². The third kappa shape index (κ3) is 5.17. The van der Waals surface area contributed by atoms with Crippen LogP contribution in [0.25, 0.3) is 0 Å². The van der Waals surface area contributed by atoms with Crippen LogP contribution in [0.1, 0.15) is 27.2 Å². The second-order valence-corrected chi connectivity index (χ2v) is 11.3. The summed E-state index contributed by atoms with van der Waals surface area (Å²) in [5.74, 6) is 1.66. The van der Waals surface area contributed by atoms with E-state index in [-0.39, 0.29) is 5.04 Å². The highest BCUT2D eigenvalue weighted by Gasteiger charge is 2.36. The second-order valence-electron chi connectivity index (χ2n) is 6.49. The molecule has 0 unspecified atom stereocenters. The lowest BCUT2D eigenvalue weighted by Gasteiger charge is -2.36. The summed E-state index contributed by atoms with van der Waals surface area (Å²) in [6, 6.07) is 7.68. The van der Waals surface area contributed by atoms with Gasteiger partial charge in [-0.2, -0.15) is 0 Å². The monoisotopic (exact) mass is 296 g/mol. The maximum Gasteiger partial charge on any atom is 0.191 e. The molecule has 0 aromatic heterocycles. The predicted molar refractivity (Wildman–Crippen MR) is 86.3 cm³/mol. The highest BCUT2D eigenvalue weighted by molar-refractivity contribution is 6.74. The van der Waals surface area contributed by atoms with Gasteiger partial charge in [0.25, 0.3) is 0 Å². The summed E-state index contributed by atoms with van der Waals surface area (Å²) in [5.41, 5.74) is 0. The second kappa shape index (κ2) is 7.13. The first kappa shape index (κ1) is 17.0. The van der Waals surface area contributed by atoms with Crippen molar-refractivity contribution in [1.82, 2.24) is 0 Å². The van der Waals surface area contributed by atoms with Crippen molar-refractivity contribution in [3.05, 3.63) is 24.3 Å². The lowest BCUT2D eigenvalue weighted by molar-refractivity contribution is 0.233. The minimum atomic E-state index is -1.62. The zero-order chi connectivity index (χ0) is 15.2. The van der Waals surface area contributed by atoms with Gasteiger partial charge >= 0.3 is 0 Å². The van der Waals surface area contributed by atoms with Gasteiger partial charge in [-0.25, -0.2) is 0 Å². The first-order valence-corrected chi connectivity index (χ1v) is 10.1. The van der Waals surface area contributed by atoms with Crippen molar-refractivity contribution in [3.8, 4) is 11.5 Å². The van der Waals surface area contributed by atoms with E-state index in [1.165, 1.54) is 0 Å². The molecule has 0 aliphatic rings. The van der Waals surface area contributed by atoms with E-state index in [0.717, 1.165) is 24.5 Å². The molecule has 0 aliphatic heterocycles. The summed E-state index contributed by atoms with van der Waals surface area (Å²) >= 11 is 0. The molecule has 1 aromatic carbocycles. The molecule has 0 atom stereocenters. The Morgan fingerprint density at radius 1 is 1.05 bits per heavy atom. The Kier molecular flexibility index (Phi) is 6.08. The van der Waals surface area contributed by atoms with Crippen LogP contribution >= 0.6 is 0 Å². The maximum absolute atomic E-state index is 6.11. The Hall–Kier alpha value is -1.00. The van der Waals surface area contributed by atoms with E-state index in [1.807, 2.05) is 24.3 Å². The molecule has 20 heavy (non-hydrogen) atoms. The lowest BCUT2D eigenvalue weighted by Crippen LogP contribution is -2.41. The van der Waals surface area contributed by atoms with Crippen LogP contribution in [0.15, 0.2) is 24.3 Å². The number of ether oxygens (including phenoxy) is 2. The van der Waals surface area contributed by atoms with E-state index in [1.54, 1.807) is 7.11 Å². The molecule has 0 amide bonds. The largest absolute Gasteiger partial charge is 0.497 e.